The SMILES string of the molecule is C1=CCCC(C2=c3sc4c(-c5ccc6oc7cccc(-c8nc(-c9ccccc9)nc(-c9ccccc9)n8)c7c6c5)cccc4c3=CCC2)=C1. The van der Waals surface area contributed by atoms with Crippen molar-refractivity contribution in [2.75, 3.05) is 0 Å². The number of benzene rings is 5. The molecule has 5 heteroatoms. The van der Waals surface area contributed by atoms with Gasteiger partial charge < -0.3 is 4.42 Å². The van der Waals surface area contributed by atoms with Gasteiger partial charge >= 0.3 is 0 Å². The van der Waals surface area contributed by atoms with Gasteiger partial charge in [0.25, 0.3) is 0 Å². The van der Waals surface area contributed by atoms with Crippen LogP contribution in [-0.2, 0) is 0 Å². The summed E-state index contributed by atoms with van der Waals surface area (Å²) in [4.78, 5) is 15.0. The van der Waals surface area contributed by atoms with Gasteiger partial charge in [0, 0.05) is 42.1 Å². The molecule has 0 bridgehead atoms. The number of hydrogen-bond donors (Lipinski definition) is 0. The van der Waals surface area contributed by atoms with E-state index < -0.39 is 0 Å². The zero-order valence-electron chi connectivity index (χ0n) is 27.3. The Morgan fingerprint density at radius 3 is 2.08 bits per heavy atom. The molecule has 0 radical (unpaired) electrons. The summed E-state index contributed by atoms with van der Waals surface area (Å²) in [5.41, 5.74) is 9.91. The molecule has 0 saturated carbocycles. The Kier molecular flexibility index (Phi) is 6.91. The van der Waals surface area contributed by atoms with E-state index in [1.807, 2.05) is 84.1 Å². The Morgan fingerprint density at radius 2 is 1.32 bits per heavy atom. The molecule has 0 spiro atoms. The van der Waals surface area contributed by atoms with Gasteiger partial charge in [0.1, 0.15) is 11.2 Å². The molecule has 5 aromatic carbocycles. The van der Waals surface area contributed by atoms with Gasteiger partial charge in [-0.3, -0.25) is 0 Å². The minimum Gasteiger partial charge on any atom is -0.456 e. The van der Waals surface area contributed by atoms with Gasteiger partial charge in [-0.1, -0.05) is 121 Å². The van der Waals surface area contributed by atoms with Gasteiger partial charge in [-0.2, -0.15) is 0 Å². The third-order valence-electron chi connectivity index (χ3n) is 9.92. The number of furan rings is 1. The van der Waals surface area contributed by atoms with Crippen molar-refractivity contribution in [3.63, 3.8) is 0 Å². The maximum absolute atomic E-state index is 6.48. The van der Waals surface area contributed by atoms with Crippen LogP contribution in [0.5, 0.6) is 0 Å². The average molecular weight is 662 g/mol. The van der Waals surface area contributed by atoms with Gasteiger partial charge in [-0.25, -0.2) is 15.0 Å². The van der Waals surface area contributed by atoms with Crippen molar-refractivity contribution in [1.29, 1.82) is 0 Å². The van der Waals surface area contributed by atoms with Gasteiger partial charge in [0.15, 0.2) is 17.5 Å². The third kappa shape index (κ3) is 4.85. The first-order valence-corrected chi connectivity index (χ1v) is 18.0. The lowest BCUT2D eigenvalue weighted by Gasteiger charge is -2.14. The summed E-state index contributed by atoms with van der Waals surface area (Å²) in [6.07, 6.45) is 13.7. The Labute approximate surface area is 293 Å². The summed E-state index contributed by atoms with van der Waals surface area (Å²) < 4.78 is 9.26. The van der Waals surface area contributed by atoms with E-state index in [2.05, 4.69) is 66.8 Å². The number of nitrogens with zero attached hydrogens (tertiary/aromatic N) is 3. The van der Waals surface area contributed by atoms with Crippen molar-refractivity contribution >= 4 is 55.0 Å². The molecule has 0 amide bonds. The molecule has 10 rings (SSSR count). The predicted molar refractivity (Wildman–Crippen MR) is 207 cm³/mol. The number of aromatic nitrogens is 3. The van der Waals surface area contributed by atoms with E-state index in [0.717, 1.165) is 64.3 Å². The normalized spacial score (nSPS) is 14.2. The van der Waals surface area contributed by atoms with Crippen LogP contribution in [0.2, 0.25) is 0 Å². The molecule has 8 aromatic rings. The second-order valence-corrected chi connectivity index (χ2v) is 14.0. The number of fused-ring (bicyclic) bond motifs is 6. The molecule has 4 nitrogen and oxygen atoms in total. The van der Waals surface area contributed by atoms with E-state index in [1.54, 1.807) is 0 Å². The Bertz CT molecular complexity index is 2750. The molecule has 238 valence electrons. The van der Waals surface area contributed by atoms with Crippen molar-refractivity contribution < 1.29 is 4.42 Å². The molecular formula is C45H31N3OS. The van der Waals surface area contributed by atoms with Crippen LogP contribution in [0.3, 0.4) is 0 Å². The highest BCUT2D eigenvalue weighted by atomic mass is 32.1. The molecule has 2 aliphatic carbocycles. The van der Waals surface area contributed by atoms with E-state index >= 15 is 0 Å². The van der Waals surface area contributed by atoms with Crippen molar-refractivity contribution in [1.82, 2.24) is 15.0 Å². The summed E-state index contributed by atoms with van der Waals surface area (Å²) in [7, 11) is 0. The molecule has 0 fully saturated rings. The van der Waals surface area contributed by atoms with E-state index in [4.69, 9.17) is 19.4 Å². The predicted octanol–water partition coefficient (Wildman–Crippen LogP) is 10.7. The Morgan fingerprint density at radius 1 is 0.580 bits per heavy atom. The topological polar surface area (TPSA) is 51.8 Å². The van der Waals surface area contributed by atoms with Gasteiger partial charge in [-0.05, 0) is 71.4 Å². The standard InChI is InChI=1S/C45H31N3OS/c1-4-13-28(14-5-1)32-19-10-21-34-35-22-11-20-33(42(35)50-41(32)34)31-25-26-38-37(27-31)40-36(23-12-24-39(40)49-38)45-47-43(29-15-6-2-7-16-29)46-44(48-45)30-17-8-3-9-18-30/h1-4,6-9,11-13,15-18,20-27H,5,10,14,19H2. The molecule has 0 aliphatic heterocycles. The first-order valence-electron chi connectivity index (χ1n) is 17.2. The van der Waals surface area contributed by atoms with Crippen molar-refractivity contribution in [3.8, 4) is 45.3 Å². The summed E-state index contributed by atoms with van der Waals surface area (Å²) in [6.45, 7) is 0. The molecular weight excluding hydrogens is 631 g/mol. The molecule has 50 heavy (non-hydrogen) atoms. The fourth-order valence-electron chi connectivity index (χ4n) is 7.54. The van der Waals surface area contributed by atoms with Gasteiger partial charge in [0.2, 0.25) is 0 Å². The van der Waals surface area contributed by atoms with Crippen LogP contribution in [-0.4, -0.2) is 15.0 Å². The van der Waals surface area contributed by atoms with Crippen LogP contribution in [0.15, 0.2) is 143 Å². The van der Waals surface area contributed by atoms with Crippen LogP contribution >= 0.6 is 11.3 Å². The highest BCUT2D eigenvalue weighted by molar-refractivity contribution is 7.17. The van der Waals surface area contributed by atoms with E-state index in [1.165, 1.54) is 42.1 Å². The second-order valence-electron chi connectivity index (χ2n) is 12.9. The van der Waals surface area contributed by atoms with E-state index in [9.17, 15) is 0 Å². The monoisotopic (exact) mass is 661 g/mol. The van der Waals surface area contributed by atoms with Gasteiger partial charge in [-0.15, -0.1) is 11.3 Å². The average Bonchev–Trinajstić information content (AvgIpc) is 3.77. The Hall–Kier alpha value is -5.91. The van der Waals surface area contributed by atoms with E-state index in [0.29, 0.717) is 17.5 Å². The maximum atomic E-state index is 6.48. The van der Waals surface area contributed by atoms with Crippen molar-refractivity contribution in [3.05, 3.63) is 149 Å². The molecule has 3 aromatic heterocycles. The largest absolute Gasteiger partial charge is 0.456 e. The highest BCUT2D eigenvalue weighted by Crippen LogP contribution is 2.40. The zero-order chi connectivity index (χ0) is 33.0. The lowest BCUT2D eigenvalue weighted by atomic mass is 9.91. The first-order chi connectivity index (χ1) is 24.8. The van der Waals surface area contributed by atoms with Crippen LogP contribution in [0, 0.1) is 0 Å². The number of allylic oxidation sites excluding steroid dienone is 4. The minimum absolute atomic E-state index is 0.620. The van der Waals surface area contributed by atoms with Crippen LogP contribution in [0.25, 0.3) is 89.0 Å². The van der Waals surface area contributed by atoms with Crippen molar-refractivity contribution in [2.45, 2.75) is 25.7 Å². The van der Waals surface area contributed by atoms with Crippen LogP contribution in [0.4, 0.5) is 0 Å². The molecule has 3 heterocycles. The summed E-state index contributed by atoms with van der Waals surface area (Å²) in [5, 5.41) is 4.80. The zero-order valence-corrected chi connectivity index (χ0v) is 28.1. The number of hydrogen-bond acceptors (Lipinski definition) is 5. The highest BCUT2D eigenvalue weighted by Gasteiger charge is 2.20. The first kappa shape index (κ1) is 29.0. The van der Waals surface area contributed by atoms with Crippen LogP contribution < -0.4 is 9.75 Å². The lowest BCUT2D eigenvalue weighted by Crippen LogP contribution is -2.25. The molecule has 0 N–H and O–H groups in total. The van der Waals surface area contributed by atoms with Crippen LogP contribution in [0.1, 0.15) is 25.7 Å². The fourth-order valence-corrected chi connectivity index (χ4v) is 8.98. The number of rotatable bonds is 5. The minimum atomic E-state index is 0.620. The smallest absolute Gasteiger partial charge is 0.164 e. The third-order valence-corrected chi connectivity index (χ3v) is 11.2. The lowest BCUT2D eigenvalue weighted by molar-refractivity contribution is 0.669. The molecule has 0 unspecified atom stereocenters. The van der Waals surface area contributed by atoms with Crippen molar-refractivity contribution in [2.24, 2.45) is 0 Å². The van der Waals surface area contributed by atoms with Gasteiger partial charge in [0.05, 0.1) is 0 Å². The quantitative estimate of drug-likeness (QED) is 0.184. The summed E-state index contributed by atoms with van der Waals surface area (Å²) >= 11 is 1.95. The molecule has 0 saturated heterocycles. The summed E-state index contributed by atoms with van der Waals surface area (Å²) in [5.74, 6) is 1.90. The Balaban J connectivity index is 1.18. The van der Waals surface area contributed by atoms with E-state index in [-0.39, 0.29) is 0 Å². The fraction of sp³-hybridized carbons (Fsp3) is 0.0889. The second kappa shape index (κ2) is 11.9. The summed E-state index contributed by atoms with van der Waals surface area (Å²) in [6, 6.07) is 39.7. The molecule has 2 aliphatic rings. The number of thiophene rings is 1. The maximum Gasteiger partial charge on any atom is 0.164 e. The molecule has 0 atom stereocenters.